The second-order valence-electron chi connectivity index (χ2n) is 14.8. The van der Waals surface area contributed by atoms with Crippen LogP contribution in [0.2, 0.25) is 0 Å². The highest BCUT2D eigenvalue weighted by Crippen LogP contribution is 2.35. The number of anilines is 2. The summed E-state index contributed by atoms with van der Waals surface area (Å²) in [5.74, 6) is 0.0720. The van der Waals surface area contributed by atoms with Crippen LogP contribution in [0, 0.1) is 26.6 Å². The number of hydrogen-bond acceptors (Lipinski definition) is 4. The number of aromatic nitrogens is 2. The molecule has 8 nitrogen and oxygen atoms in total. The number of amides is 2. The Morgan fingerprint density at radius 2 is 1.55 bits per heavy atom. The Bertz CT molecular complexity index is 2210. The van der Waals surface area contributed by atoms with Gasteiger partial charge in [-0.3, -0.25) is 14.5 Å². The molecule has 274 valence electrons. The third-order valence-electron chi connectivity index (χ3n) is 11.0. The summed E-state index contributed by atoms with van der Waals surface area (Å²) in [7, 11) is 0. The lowest BCUT2D eigenvalue weighted by Gasteiger charge is -2.32. The average molecular weight is 713 g/mol. The zero-order valence-electron chi connectivity index (χ0n) is 31.1. The van der Waals surface area contributed by atoms with Crippen LogP contribution in [0.4, 0.5) is 15.8 Å². The first-order valence-electron chi connectivity index (χ1n) is 18.6. The molecule has 1 fully saturated rings. The average Bonchev–Trinajstić information content (AvgIpc) is 3.75. The van der Waals surface area contributed by atoms with Gasteiger partial charge >= 0.3 is 0 Å². The van der Waals surface area contributed by atoms with E-state index in [1.165, 1.54) is 39.8 Å². The van der Waals surface area contributed by atoms with Gasteiger partial charge in [0.2, 0.25) is 11.8 Å². The number of halogens is 1. The fourth-order valence-electron chi connectivity index (χ4n) is 7.87. The maximum Gasteiger partial charge on any atom is 0.234 e. The largest absolute Gasteiger partial charge is 0.361 e. The van der Waals surface area contributed by atoms with Crippen LogP contribution in [0.3, 0.4) is 0 Å². The van der Waals surface area contributed by atoms with Gasteiger partial charge in [0.05, 0.1) is 12.6 Å². The van der Waals surface area contributed by atoms with Crippen LogP contribution in [-0.2, 0) is 22.6 Å². The van der Waals surface area contributed by atoms with Crippen LogP contribution >= 0.6 is 0 Å². The van der Waals surface area contributed by atoms with Gasteiger partial charge < -0.3 is 25.5 Å². The molecule has 53 heavy (non-hydrogen) atoms. The summed E-state index contributed by atoms with van der Waals surface area (Å²) < 4.78 is 13.4. The molecule has 0 spiro atoms. The molecule has 1 atom stereocenters. The molecule has 7 rings (SSSR count). The number of fused-ring (bicyclic) bond motifs is 2. The Labute approximate surface area is 310 Å². The lowest BCUT2D eigenvalue weighted by Crippen LogP contribution is -2.49. The van der Waals surface area contributed by atoms with E-state index < -0.39 is 0 Å². The smallest absolute Gasteiger partial charge is 0.234 e. The summed E-state index contributed by atoms with van der Waals surface area (Å²) in [4.78, 5) is 37.7. The minimum Gasteiger partial charge on any atom is -0.361 e. The molecule has 0 unspecified atom stereocenters. The van der Waals surface area contributed by atoms with Crippen molar-refractivity contribution in [2.45, 2.75) is 65.5 Å². The summed E-state index contributed by atoms with van der Waals surface area (Å²) in [6.07, 6.45) is 6.64. The fourth-order valence-corrected chi connectivity index (χ4v) is 7.87. The third-order valence-corrected chi connectivity index (χ3v) is 11.0. The summed E-state index contributed by atoms with van der Waals surface area (Å²) >= 11 is 0. The predicted molar refractivity (Wildman–Crippen MR) is 212 cm³/mol. The van der Waals surface area contributed by atoms with Crippen molar-refractivity contribution in [3.8, 4) is 0 Å². The maximum atomic E-state index is 13.7. The zero-order chi connectivity index (χ0) is 37.1. The Balaban J connectivity index is 1.01. The number of piperidine rings is 1. The van der Waals surface area contributed by atoms with E-state index >= 15 is 0 Å². The standard InChI is InChI=1S/C44H49FN6O2/c1-28-19-32(20-29(2)30(28)3)25-51(31(4)52)26-38(21-34-23-46-42-8-6-5-7-39(34)42)49-44(53)27-50-17-15-33(16-18-50)41-24-47-43-14-13-37(22-40(41)43)48-36-11-9-35(45)10-12-36/h5-14,19-20,22-24,33,38,46-48H,15-18,21,25-27H2,1-4H3,(H,49,53)/t38-/m1/s1. The quantitative estimate of drug-likeness (QED) is 0.103. The van der Waals surface area contributed by atoms with E-state index in [1.807, 2.05) is 29.3 Å². The number of likely N-dealkylation sites (tertiary alicyclic amines) is 1. The molecular weight excluding hydrogens is 664 g/mol. The number of carbonyl (C=O) groups excluding carboxylic acids is 2. The topological polar surface area (TPSA) is 96.3 Å². The van der Waals surface area contributed by atoms with Gasteiger partial charge in [-0.05, 0) is 141 Å². The van der Waals surface area contributed by atoms with E-state index in [4.69, 9.17) is 0 Å². The monoisotopic (exact) mass is 712 g/mol. The van der Waals surface area contributed by atoms with Crippen molar-refractivity contribution < 1.29 is 14.0 Å². The number of H-pyrrole nitrogens is 2. The first-order chi connectivity index (χ1) is 25.6. The van der Waals surface area contributed by atoms with Crippen LogP contribution < -0.4 is 10.6 Å². The molecule has 0 saturated carbocycles. The molecule has 6 aromatic rings. The van der Waals surface area contributed by atoms with Gasteiger partial charge in [-0.2, -0.15) is 0 Å². The van der Waals surface area contributed by atoms with Crippen LogP contribution in [-0.4, -0.2) is 63.8 Å². The summed E-state index contributed by atoms with van der Waals surface area (Å²) in [6.45, 7) is 10.8. The van der Waals surface area contributed by atoms with Crippen LogP contribution in [0.5, 0.6) is 0 Å². The molecule has 0 radical (unpaired) electrons. The van der Waals surface area contributed by atoms with Gasteiger partial charge in [0.25, 0.3) is 0 Å². The van der Waals surface area contributed by atoms with Crippen LogP contribution in [0.1, 0.15) is 59.1 Å². The number of aromatic amines is 2. The summed E-state index contributed by atoms with van der Waals surface area (Å²) in [5, 5.41) is 9.04. The van der Waals surface area contributed by atoms with Crippen molar-refractivity contribution in [2.75, 3.05) is 31.5 Å². The molecule has 2 amide bonds. The van der Waals surface area contributed by atoms with Crippen LogP contribution in [0.25, 0.3) is 21.8 Å². The van der Waals surface area contributed by atoms with Gasteiger partial charge in [0.15, 0.2) is 0 Å². The normalized spacial score (nSPS) is 14.4. The third kappa shape index (κ3) is 8.47. The number of hydrogen-bond donors (Lipinski definition) is 4. The van der Waals surface area contributed by atoms with Crippen molar-refractivity contribution in [1.82, 2.24) is 25.1 Å². The Morgan fingerprint density at radius 1 is 0.868 bits per heavy atom. The van der Waals surface area contributed by atoms with Gasteiger partial charge in [0, 0.05) is 65.6 Å². The lowest BCUT2D eigenvalue weighted by atomic mass is 9.89. The number of para-hydroxylation sites is 1. The van der Waals surface area contributed by atoms with Gasteiger partial charge in [0.1, 0.15) is 5.82 Å². The minimum absolute atomic E-state index is 0.0169. The first kappa shape index (κ1) is 36.0. The molecular formula is C44H49FN6O2. The number of carbonyl (C=O) groups is 2. The second kappa shape index (κ2) is 15.7. The number of benzene rings is 4. The molecule has 4 N–H and O–H groups in total. The van der Waals surface area contributed by atoms with E-state index in [-0.39, 0.29) is 23.7 Å². The SMILES string of the molecule is CC(=O)N(Cc1cc(C)c(C)c(C)c1)C[C@@H](Cc1c[nH]c2ccccc12)NC(=O)CN1CCC(c2c[nH]c3ccc(Nc4ccc(F)cc4)cc23)CC1. The lowest BCUT2D eigenvalue weighted by molar-refractivity contribution is -0.131. The van der Waals surface area contributed by atoms with E-state index in [2.05, 4.69) is 88.9 Å². The molecule has 2 aromatic heterocycles. The highest BCUT2D eigenvalue weighted by atomic mass is 19.1. The fraction of sp³-hybridized carbons (Fsp3) is 0.318. The molecule has 9 heteroatoms. The maximum absolute atomic E-state index is 13.7. The number of aryl methyl sites for hydroxylation is 2. The van der Waals surface area contributed by atoms with E-state index in [0.717, 1.165) is 64.9 Å². The Hall–Kier alpha value is -5.41. The van der Waals surface area contributed by atoms with Gasteiger partial charge in [-0.1, -0.05) is 30.3 Å². The summed E-state index contributed by atoms with van der Waals surface area (Å²) in [5.41, 5.74) is 11.1. The van der Waals surface area contributed by atoms with Crippen molar-refractivity contribution in [3.63, 3.8) is 0 Å². The molecule has 1 aliphatic heterocycles. The first-order valence-corrected chi connectivity index (χ1v) is 18.6. The number of rotatable bonds is 12. The predicted octanol–water partition coefficient (Wildman–Crippen LogP) is 8.41. The highest BCUT2D eigenvalue weighted by Gasteiger charge is 2.26. The molecule has 3 heterocycles. The minimum atomic E-state index is -0.264. The van der Waals surface area contributed by atoms with Crippen molar-refractivity contribution in [1.29, 1.82) is 0 Å². The van der Waals surface area contributed by atoms with Gasteiger partial charge in [-0.25, -0.2) is 4.39 Å². The number of nitrogens with one attached hydrogen (secondary N) is 4. The van der Waals surface area contributed by atoms with Crippen molar-refractivity contribution >= 4 is 45.0 Å². The molecule has 1 saturated heterocycles. The van der Waals surface area contributed by atoms with E-state index in [9.17, 15) is 14.0 Å². The molecule has 1 aliphatic rings. The van der Waals surface area contributed by atoms with Gasteiger partial charge in [-0.15, -0.1) is 0 Å². The Morgan fingerprint density at radius 3 is 2.28 bits per heavy atom. The van der Waals surface area contributed by atoms with E-state index in [1.54, 1.807) is 19.1 Å². The molecule has 4 aromatic carbocycles. The Kier molecular flexibility index (Phi) is 10.6. The summed E-state index contributed by atoms with van der Waals surface area (Å²) in [6, 6.07) is 24.9. The molecule has 0 aliphatic carbocycles. The van der Waals surface area contributed by atoms with Crippen molar-refractivity contribution in [3.05, 3.63) is 130 Å². The zero-order valence-corrected chi connectivity index (χ0v) is 31.1. The number of nitrogens with zero attached hydrogens (tertiary/aromatic N) is 2. The van der Waals surface area contributed by atoms with Crippen molar-refractivity contribution in [2.24, 2.45) is 0 Å². The second-order valence-corrected chi connectivity index (χ2v) is 14.8. The molecule has 0 bridgehead atoms. The van der Waals surface area contributed by atoms with Crippen LogP contribution in [0.15, 0.2) is 91.3 Å². The van der Waals surface area contributed by atoms with E-state index in [0.29, 0.717) is 32.0 Å². The highest BCUT2D eigenvalue weighted by molar-refractivity contribution is 5.88.